The van der Waals surface area contributed by atoms with E-state index in [1.807, 2.05) is 6.07 Å². The maximum Gasteiger partial charge on any atom is 0.267 e. The van der Waals surface area contributed by atoms with Gasteiger partial charge in [0.2, 0.25) is 0 Å². The molecule has 0 saturated carbocycles. The van der Waals surface area contributed by atoms with Gasteiger partial charge in [-0.1, -0.05) is 6.42 Å². The summed E-state index contributed by atoms with van der Waals surface area (Å²) in [6.07, 6.45) is 10.2. The summed E-state index contributed by atoms with van der Waals surface area (Å²) in [5.41, 5.74) is 2.39. The Balaban J connectivity index is 1.18. The first-order chi connectivity index (χ1) is 13.8. The van der Waals surface area contributed by atoms with Crippen molar-refractivity contribution >= 4 is 0 Å². The monoisotopic (exact) mass is 382 g/mol. The Labute approximate surface area is 165 Å². The molecule has 1 saturated heterocycles. The van der Waals surface area contributed by atoms with E-state index in [9.17, 15) is 4.79 Å². The van der Waals surface area contributed by atoms with Crippen molar-refractivity contribution in [3.05, 3.63) is 39.3 Å². The molecule has 0 atom stereocenters. The van der Waals surface area contributed by atoms with E-state index >= 15 is 0 Å². The normalized spacial score (nSPS) is 20.7. The summed E-state index contributed by atoms with van der Waals surface area (Å²) in [6.45, 7) is 4.86. The molecule has 2 aliphatic heterocycles. The van der Waals surface area contributed by atoms with E-state index in [2.05, 4.69) is 24.8 Å². The van der Waals surface area contributed by atoms with Crippen molar-refractivity contribution in [1.29, 1.82) is 0 Å². The standard InChI is InChI=1S/C21H30N6O/c28-21-13-17-5-4-6-18(17)24-27(21)14-16-8-11-25(12-9-16)15-20-23-22-19-7-2-1-3-10-26(19)20/h13,16H,1-12,14-15H2. The van der Waals surface area contributed by atoms with Crippen LogP contribution in [0.15, 0.2) is 10.9 Å². The molecular weight excluding hydrogens is 352 g/mol. The van der Waals surface area contributed by atoms with Crippen molar-refractivity contribution in [2.45, 2.75) is 77.4 Å². The third-order valence-corrected chi connectivity index (χ3v) is 6.71. The highest BCUT2D eigenvalue weighted by Gasteiger charge is 2.24. The zero-order valence-corrected chi connectivity index (χ0v) is 16.6. The van der Waals surface area contributed by atoms with Crippen LogP contribution in [-0.2, 0) is 38.9 Å². The lowest BCUT2D eigenvalue weighted by Crippen LogP contribution is -2.37. The number of hydrogen-bond acceptors (Lipinski definition) is 5. The lowest BCUT2D eigenvalue weighted by molar-refractivity contribution is 0.158. The van der Waals surface area contributed by atoms with Gasteiger partial charge in [0, 0.05) is 25.6 Å². The van der Waals surface area contributed by atoms with E-state index < -0.39 is 0 Å². The molecule has 3 aliphatic rings. The summed E-state index contributed by atoms with van der Waals surface area (Å²) >= 11 is 0. The van der Waals surface area contributed by atoms with Crippen molar-refractivity contribution in [2.24, 2.45) is 5.92 Å². The number of likely N-dealkylation sites (tertiary alicyclic amines) is 1. The fourth-order valence-corrected chi connectivity index (χ4v) is 5.00. The third kappa shape index (κ3) is 3.64. The SMILES string of the molecule is O=c1cc2c(nn1CC1CCN(Cc3nnc4n3CCCCC4)CC1)CCC2. The molecule has 2 aromatic heterocycles. The number of hydrogen-bond donors (Lipinski definition) is 0. The minimum atomic E-state index is 0.0780. The van der Waals surface area contributed by atoms with Crippen LogP contribution in [-0.4, -0.2) is 42.5 Å². The Hall–Kier alpha value is -2.02. The van der Waals surface area contributed by atoms with Gasteiger partial charge in [0.05, 0.1) is 12.2 Å². The van der Waals surface area contributed by atoms with Gasteiger partial charge in [-0.25, -0.2) is 4.68 Å². The predicted molar refractivity (Wildman–Crippen MR) is 106 cm³/mol. The van der Waals surface area contributed by atoms with Gasteiger partial charge in [-0.3, -0.25) is 9.69 Å². The van der Waals surface area contributed by atoms with E-state index in [1.165, 1.54) is 30.7 Å². The van der Waals surface area contributed by atoms with E-state index in [0.29, 0.717) is 5.92 Å². The molecule has 7 heteroatoms. The third-order valence-electron chi connectivity index (χ3n) is 6.71. The van der Waals surface area contributed by atoms with Gasteiger partial charge in [-0.15, -0.1) is 10.2 Å². The first-order valence-corrected chi connectivity index (χ1v) is 11.0. The Morgan fingerprint density at radius 1 is 0.964 bits per heavy atom. The van der Waals surface area contributed by atoms with Crippen molar-refractivity contribution in [2.75, 3.05) is 13.1 Å². The molecular formula is C21H30N6O. The fraction of sp³-hybridized carbons (Fsp3) is 0.714. The lowest BCUT2D eigenvalue weighted by atomic mass is 9.97. The van der Waals surface area contributed by atoms with Gasteiger partial charge in [0.25, 0.3) is 5.56 Å². The second-order valence-corrected chi connectivity index (χ2v) is 8.70. The van der Waals surface area contributed by atoms with Crippen LogP contribution < -0.4 is 5.56 Å². The van der Waals surface area contributed by atoms with Crippen LogP contribution in [0.5, 0.6) is 0 Å². The minimum absolute atomic E-state index is 0.0780. The zero-order chi connectivity index (χ0) is 18.9. The van der Waals surface area contributed by atoms with Crippen LogP contribution in [0.25, 0.3) is 0 Å². The second-order valence-electron chi connectivity index (χ2n) is 8.70. The quantitative estimate of drug-likeness (QED) is 0.809. The smallest absolute Gasteiger partial charge is 0.267 e. The fourth-order valence-electron chi connectivity index (χ4n) is 5.00. The highest BCUT2D eigenvalue weighted by molar-refractivity contribution is 5.22. The molecule has 7 nitrogen and oxygen atoms in total. The van der Waals surface area contributed by atoms with E-state index in [0.717, 1.165) is 82.8 Å². The molecule has 2 aromatic rings. The molecule has 0 unspecified atom stereocenters. The van der Waals surface area contributed by atoms with Crippen molar-refractivity contribution in [3.8, 4) is 0 Å². The number of fused-ring (bicyclic) bond motifs is 2. The van der Waals surface area contributed by atoms with Gasteiger partial charge in [-0.2, -0.15) is 5.10 Å². The highest BCUT2D eigenvalue weighted by atomic mass is 16.1. The Kier molecular flexibility index (Phi) is 5.01. The first-order valence-electron chi connectivity index (χ1n) is 11.0. The van der Waals surface area contributed by atoms with E-state index in [-0.39, 0.29) is 5.56 Å². The molecule has 5 rings (SSSR count). The summed E-state index contributed by atoms with van der Waals surface area (Å²) in [7, 11) is 0. The average Bonchev–Trinajstić information content (AvgIpc) is 3.23. The maximum absolute atomic E-state index is 12.4. The van der Waals surface area contributed by atoms with Gasteiger partial charge in [0.1, 0.15) is 11.6 Å². The van der Waals surface area contributed by atoms with Gasteiger partial charge >= 0.3 is 0 Å². The van der Waals surface area contributed by atoms with Crippen LogP contribution in [0.2, 0.25) is 0 Å². The summed E-state index contributed by atoms with van der Waals surface area (Å²) in [6, 6.07) is 1.82. The first kappa shape index (κ1) is 18.0. The van der Waals surface area contributed by atoms with Gasteiger partial charge in [-0.05, 0) is 69.5 Å². The number of aromatic nitrogens is 5. The number of piperidine rings is 1. The van der Waals surface area contributed by atoms with Crippen LogP contribution in [0.1, 0.15) is 61.4 Å². The van der Waals surface area contributed by atoms with Crippen molar-refractivity contribution in [3.63, 3.8) is 0 Å². The number of aryl methyl sites for hydroxylation is 3. The minimum Gasteiger partial charge on any atom is -0.314 e. The van der Waals surface area contributed by atoms with Gasteiger partial charge < -0.3 is 4.57 Å². The Morgan fingerprint density at radius 3 is 2.75 bits per heavy atom. The molecule has 28 heavy (non-hydrogen) atoms. The molecule has 1 aliphatic carbocycles. The molecule has 0 amide bonds. The largest absolute Gasteiger partial charge is 0.314 e. The molecule has 1 fully saturated rings. The average molecular weight is 383 g/mol. The van der Waals surface area contributed by atoms with Gasteiger partial charge in [0.15, 0.2) is 0 Å². The molecule has 4 heterocycles. The molecule has 0 bridgehead atoms. The maximum atomic E-state index is 12.4. The molecule has 0 N–H and O–H groups in total. The molecule has 150 valence electrons. The Bertz CT molecular complexity index is 893. The Morgan fingerprint density at radius 2 is 1.86 bits per heavy atom. The zero-order valence-electron chi connectivity index (χ0n) is 16.6. The van der Waals surface area contributed by atoms with E-state index in [1.54, 1.807) is 4.68 Å². The van der Waals surface area contributed by atoms with Crippen LogP contribution in [0.3, 0.4) is 0 Å². The number of nitrogens with zero attached hydrogens (tertiary/aromatic N) is 6. The lowest BCUT2D eigenvalue weighted by Gasteiger charge is -2.31. The van der Waals surface area contributed by atoms with E-state index in [4.69, 9.17) is 0 Å². The number of rotatable bonds is 4. The van der Waals surface area contributed by atoms with Crippen molar-refractivity contribution in [1.82, 2.24) is 29.4 Å². The topological polar surface area (TPSA) is 68.8 Å². The predicted octanol–water partition coefficient (Wildman–Crippen LogP) is 1.96. The van der Waals surface area contributed by atoms with Crippen LogP contribution in [0.4, 0.5) is 0 Å². The van der Waals surface area contributed by atoms with Crippen LogP contribution in [0, 0.1) is 5.92 Å². The second kappa shape index (κ2) is 7.78. The highest BCUT2D eigenvalue weighted by Crippen LogP contribution is 2.22. The van der Waals surface area contributed by atoms with Crippen molar-refractivity contribution < 1.29 is 0 Å². The summed E-state index contributed by atoms with van der Waals surface area (Å²) in [5.74, 6) is 2.84. The summed E-state index contributed by atoms with van der Waals surface area (Å²) in [4.78, 5) is 14.9. The molecule has 0 spiro atoms. The molecule has 0 radical (unpaired) electrons. The summed E-state index contributed by atoms with van der Waals surface area (Å²) in [5, 5.41) is 13.6. The van der Waals surface area contributed by atoms with Crippen LogP contribution >= 0.6 is 0 Å². The summed E-state index contributed by atoms with van der Waals surface area (Å²) < 4.78 is 4.08. The molecule has 0 aromatic carbocycles.